The number of anilines is 1. The second-order valence-electron chi connectivity index (χ2n) is 5.60. The van der Waals surface area contributed by atoms with Gasteiger partial charge in [0.15, 0.2) is 0 Å². The van der Waals surface area contributed by atoms with Gasteiger partial charge in [0.2, 0.25) is 0 Å². The number of amides is 1. The maximum Gasteiger partial charge on any atom is 0.255 e. The number of para-hydroxylation sites is 2. The van der Waals surface area contributed by atoms with Gasteiger partial charge in [-0.1, -0.05) is 12.1 Å². The lowest BCUT2D eigenvalue weighted by atomic mass is 10.2. The zero-order valence-corrected chi connectivity index (χ0v) is 16.1. The van der Waals surface area contributed by atoms with Crippen LogP contribution in [0.5, 0.6) is 11.5 Å². The first-order valence-electron chi connectivity index (χ1n) is 7.99. The topological polar surface area (TPSA) is 56.8 Å². The molecular weight excluding hydrogens is 386 g/mol. The number of carbonyl (C=O) groups is 1. The monoisotopic (exact) mass is 407 g/mol. The summed E-state index contributed by atoms with van der Waals surface area (Å²) in [6, 6.07) is 12.6. The van der Waals surface area contributed by atoms with Crippen molar-refractivity contribution >= 4 is 27.5 Å². The van der Waals surface area contributed by atoms with Gasteiger partial charge in [-0.2, -0.15) is 0 Å². The van der Waals surface area contributed by atoms with Crippen molar-refractivity contribution in [3.8, 4) is 11.5 Å². The van der Waals surface area contributed by atoms with Crippen molar-refractivity contribution in [2.75, 3.05) is 25.6 Å². The summed E-state index contributed by atoms with van der Waals surface area (Å²) in [7, 11) is 1.62. The summed E-state index contributed by atoms with van der Waals surface area (Å²) in [5.74, 6) is 1.09. The van der Waals surface area contributed by atoms with Crippen molar-refractivity contribution in [3.63, 3.8) is 0 Å². The Labute approximate surface area is 156 Å². The summed E-state index contributed by atoms with van der Waals surface area (Å²) in [6.45, 7) is 4.83. The molecule has 0 spiro atoms. The lowest BCUT2D eigenvalue weighted by Crippen LogP contribution is -2.14. The first-order chi connectivity index (χ1) is 12.0. The number of hydrogen-bond donors (Lipinski definition) is 1. The Morgan fingerprint density at radius 1 is 1.12 bits per heavy atom. The van der Waals surface area contributed by atoms with Gasteiger partial charge in [0.25, 0.3) is 5.91 Å². The molecule has 1 amide bonds. The van der Waals surface area contributed by atoms with E-state index in [0.717, 1.165) is 0 Å². The Hall–Kier alpha value is -2.05. The van der Waals surface area contributed by atoms with Crippen LogP contribution in [0.2, 0.25) is 0 Å². The van der Waals surface area contributed by atoms with E-state index in [2.05, 4.69) is 21.2 Å². The molecule has 0 aromatic heterocycles. The first kappa shape index (κ1) is 19.3. The maximum absolute atomic E-state index is 12.5. The van der Waals surface area contributed by atoms with Crippen LogP contribution in [0.15, 0.2) is 46.9 Å². The van der Waals surface area contributed by atoms with E-state index in [-0.39, 0.29) is 12.0 Å². The first-order valence-corrected chi connectivity index (χ1v) is 8.79. The molecule has 0 saturated carbocycles. The van der Waals surface area contributed by atoms with Crippen LogP contribution in [-0.4, -0.2) is 32.3 Å². The standard InChI is InChI=1S/C19H22BrNO4/c1-13(2)25-18-7-5-4-6-16(18)21-19(22)14-8-9-17(15(20)12-14)24-11-10-23-3/h4-9,12-13H,10-11H2,1-3H3,(H,21,22). The quantitative estimate of drug-likeness (QED) is 0.653. The molecule has 2 rings (SSSR count). The van der Waals surface area contributed by atoms with Crippen LogP contribution < -0.4 is 14.8 Å². The molecule has 0 bridgehead atoms. The van der Waals surface area contributed by atoms with Crippen molar-refractivity contribution in [1.29, 1.82) is 0 Å². The van der Waals surface area contributed by atoms with Gasteiger partial charge in [0.1, 0.15) is 18.1 Å². The van der Waals surface area contributed by atoms with Crippen LogP contribution in [0, 0.1) is 0 Å². The Balaban J connectivity index is 2.10. The highest BCUT2D eigenvalue weighted by molar-refractivity contribution is 9.10. The van der Waals surface area contributed by atoms with Crippen molar-refractivity contribution in [3.05, 3.63) is 52.5 Å². The van der Waals surface area contributed by atoms with E-state index in [0.29, 0.717) is 40.4 Å². The molecule has 0 aliphatic rings. The number of benzene rings is 2. The van der Waals surface area contributed by atoms with E-state index in [1.54, 1.807) is 25.3 Å². The highest BCUT2D eigenvalue weighted by Crippen LogP contribution is 2.28. The van der Waals surface area contributed by atoms with Crippen LogP contribution in [0.25, 0.3) is 0 Å². The predicted molar refractivity (Wildman–Crippen MR) is 102 cm³/mol. The average molecular weight is 408 g/mol. The Morgan fingerprint density at radius 3 is 2.56 bits per heavy atom. The molecule has 0 fully saturated rings. The van der Waals surface area contributed by atoms with Gasteiger partial charge in [-0.05, 0) is 60.1 Å². The lowest BCUT2D eigenvalue weighted by molar-refractivity contribution is 0.102. The summed E-state index contributed by atoms with van der Waals surface area (Å²) < 4.78 is 17.0. The van der Waals surface area contributed by atoms with Gasteiger partial charge in [-0.25, -0.2) is 0 Å². The molecule has 6 heteroatoms. The highest BCUT2D eigenvalue weighted by atomic mass is 79.9. The molecule has 0 radical (unpaired) electrons. The fourth-order valence-corrected chi connectivity index (χ4v) is 2.61. The maximum atomic E-state index is 12.5. The highest BCUT2D eigenvalue weighted by Gasteiger charge is 2.12. The van der Waals surface area contributed by atoms with E-state index < -0.39 is 0 Å². The zero-order chi connectivity index (χ0) is 18.2. The Bertz CT molecular complexity index is 718. The number of carbonyl (C=O) groups excluding carboxylic acids is 1. The summed E-state index contributed by atoms with van der Waals surface area (Å²) >= 11 is 3.43. The summed E-state index contributed by atoms with van der Waals surface area (Å²) in [4.78, 5) is 12.5. The molecule has 134 valence electrons. The predicted octanol–water partition coefficient (Wildman–Crippen LogP) is 4.51. The van der Waals surface area contributed by atoms with Gasteiger partial charge < -0.3 is 19.5 Å². The fourth-order valence-electron chi connectivity index (χ4n) is 2.12. The van der Waals surface area contributed by atoms with Gasteiger partial charge in [0, 0.05) is 12.7 Å². The van der Waals surface area contributed by atoms with Crippen molar-refractivity contribution in [2.45, 2.75) is 20.0 Å². The number of methoxy groups -OCH3 is 1. The largest absolute Gasteiger partial charge is 0.490 e. The van der Waals surface area contributed by atoms with Crippen LogP contribution in [0.4, 0.5) is 5.69 Å². The molecule has 0 atom stereocenters. The van der Waals surface area contributed by atoms with E-state index >= 15 is 0 Å². The van der Waals surface area contributed by atoms with Crippen LogP contribution in [-0.2, 0) is 4.74 Å². The second-order valence-corrected chi connectivity index (χ2v) is 6.46. The molecule has 0 unspecified atom stereocenters. The van der Waals surface area contributed by atoms with E-state index in [1.807, 2.05) is 38.1 Å². The third-order valence-corrected chi connectivity index (χ3v) is 3.86. The van der Waals surface area contributed by atoms with Gasteiger partial charge in [-0.3, -0.25) is 4.79 Å². The molecule has 0 aliphatic heterocycles. The number of halogens is 1. The number of rotatable bonds is 8. The minimum atomic E-state index is -0.219. The third kappa shape index (κ3) is 5.76. The third-order valence-electron chi connectivity index (χ3n) is 3.24. The number of ether oxygens (including phenoxy) is 3. The van der Waals surface area contributed by atoms with Crippen molar-refractivity contribution in [2.24, 2.45) is 0 Å². The summed E-state index contributed by atoms with van der Waals surface area (Å²) in [6.07, 6.45) is 0.0238. The normalized spacial score (nSPS) is 10.6. The van der Waals surface area contributed by atoms with Crippen LogP contribution in [0.1, 0.15) is 24.2 Å². The summed E-state index contributed by atoms with van der Waals surface area (Å²) in [5.41, 5.74) is 1.16. The molecule has 0 saturated heterocycles. The zero-order valence-electron chi connectivity index (χ0n) is 14.5. The second kappa shape index (κ2) is 9.44. The van der Waals surface area contributed by atoms with E-state index in [4.69, 9.17) is 14.2 Å². The molecule has 5 nitrogen and oxygen atoms in total. The molecule has 0 heterocycles. The van der Waals surface area contributed by atoms with Crippen molar-refractivity contribution < 1.29 is 19.0 Å². The van der Waals surface area contributed by atoms with Crippen LogP contribution in [0.3, 0.4) is 0 Å². The average Bonchev–Trinajstić information content (AvgIpc) is 2.57. The van der Waals surface area contributed by atoms with Gasteiger partial charge in [0.05, 0.1) is 22.9 Å². The molecule has 0 aliphatic carbocycles. The molecule has 2 aromatic rings. The molecular formula is C19H22BrNO4. The minimum absolute atomic E-state index is 0.0238. The Morgan fingerprint density at radius 2 is 1.88 bits per heavy atom. The smallest absolute Gasteiger partial charge is 0.255 e. The van der Waals surface area contributed by atoms with Crippen molar-refractivity contribution in [1.82, 2.24) is 0 Å². The molecule has 25 heavy (non-hydrogen) atoms. The van der Waals surface area contributed by atoms with E-state index in [9.17, 15) is 4.79 Å². The van der Waals surface area contributed by atoms with Crippen LogP contribution >= 0.6 is 15.9 Å². The number of hydrogen-bond acceptors (Lipinski definition) is 4. The van der Waals surface area contributed by atoms with E-state index in [1.165, 1.54) is 0 Å². The Kier molecular flexibility index (Phi) is 7.28. The lowest BCUT2D eigenvalue weighted by Gasteiger charge is -2.15. The molecule has 1 N–H and O–H groups in total. The molecule has 2 aromatic carbocycles. The fraction of sp³-hybridized carbons (Fsp3) is 0.316. The van der Waals surface area contributed by atoms with Gasteiger partial charge >= 0.3 is 0 Å². The van der Waals surface area contributed by atoms with Gasteiger partial charge in [-0.15, -0.1) is 0 Å². The minimum Gasteiger partial charge on any atom is -0.490 e. The number of nitrogens with one attached hydrogen (secondary N) is 1. The SMILES string of the molecule is COCCOc1ccc(C(=O)Nc2ccccc2OC(C)C)cc1Br. The summed E-state index contributed by atoms with van der Waals surface area (Å²) in [5, 5.41) is 2.89.